The van der Waals surface area contributed by atoms with E-state index in [0.717, 1.165) is 31.5 Å². The van der Waals surface area contributed by atoms with Crippen molar-refractivity contribution in [2.45, 2.75) is 43.3 Å². The van der Waals surface area contributed by atoms with Crippen LogP contribution in [0.1, 0.15) is 33.1 Å². The predicted molar refractivity (Wildman–Crippen MR) is 111 cm³/mol. The van der Waals surface area contributed by atoms with Gasteiger partial charge in [-0.1, -0.05) is 25.1 Å². The molecule has 2 rings (SSSR count). The van der Waals surface area contributed by atoms with E-state index in [0.29, 0.717) is 5.25 Å². The number of rotatable bonds is 8. The normalized spacial score (nSPS) is 18.1. The van der Waals surface area contributed by atoms with Gasteiger partial charge in [-0.05, 0) is 64.4 Å². The molecule has 0 aliphatic carbocycles. The average Bonchev–Trinajstić information content (AvgIpc) is 2.62. The molecular weight excluding hydrogens is 328 g/mol. The number of nitrogens with one attached hydrogen (secondary N) is 2. The molecule has 0 spiro atoms. The fourth-order valence-electron chi connectivity index (χ4n) is 3.08. The summed E-state index contributed by atoms with van der Waals surface area (Å²) < 4.78 is 0. The standard InChI is InChI=1S/C20H34N4S/c1-4-21-20(22-13-10-18-11-14-24(3)15-12-18)23-16-17(2)25-19-8-6-5-7-9-19/h5-9,17-18H,4,10-16H2,1-3H3,(H2,21,22,23). The molecule has 1 aliphatic rings. The van der Waals surface area contributed by atoms with Gasteiger partial charge in [-0.15, -0.1) is 11.8 Å². The summed E-state index contributed by atoms with van der Waals surface area (Å²) in [6.07, 6.45) is 3.90. The number of hydrogen-bond donors (Lipinski definition) is 2. The monoisotopic (exact) mass is 362 g/mol. The van der Waals surface area contributed by atoms with Crippen molar-refractivity contribution in [1.29, 1.82) is 0 Å². The zero-order valence-electron chi connectivity index (χ0n) is 16.0. The Morgan fingerprint density at radius 2 is 1.96 bits per heavy atom. The molecular formula is C20H34N4S. The van der Waals surface area contributed by atoms with Crippen molar-refractivity contribution < 1.29 is 0 Å². The Balaban J connectivity index is 1.71. The van der Waals surface area contributed by atoms with Gasteiger partial charge >= 0.3 is 0 Å². The number of guanidine groups is 1. The molecule has 5 heteroatoms. The van der Waals surface area contributed by atoms with Crippen molar-refractivity contribution in [3.05, 3.63) is 30.3 Å². The molecule has 4 nitrogen and oxygen atoms in total. The molecule has 1 atom stereocenters. The smallest absolute Gasteiger partial charge is 0.191 e. The van der Waals surface area contributed by atoms with Gasteiger partial charge in [-0.25, -0.2) is 0 Å². The minimum absolute atomic E-state index is 0.465. The first kappa shape index (κ1) is 20.1. The fourth-order valence-corrected chi connectivity index (χ4v) is 4.00. The first-order valence-corrected chi connectivity index (χ1v) is 10.5. The molecule has 1 aromatic carbocycles. The van der Waals surface area contributed by atoms with Gasteiger partial charge < -0.3 is 15.5 Å². The van der Waals surface area contributed by atoms with E-state index in [1.165, 1.54) is 37.2 Å². The van der Waals surface area contributed by atoms with Crippen LogP contribution in [0.3, 0.4) is 0 Å². The minimum Gasteiger partial charge on any atom is -0.357 e. The van der Waals surface area contributed by atoms with Crippen molar-refractivity contribution in [3.8, 4) is 0 Å². The third kappa shape index (κ3) is 8.15. The van der Waals surface area contributed by atoms with Crippen molar-refractivity contribution in [1.82, 2.24) is 15.5 Å². The Bertz CT molecular complexity index is 498. The van der Waals surface area contributed by atoms with Crippen LogP contribution >= 0.6 is 11.8 Å². The number of nitrogens with zero attached hydrogens (tertiary/aromatic N) is 2. The highest BCUT2D eigenvalue weighted by atomic mass is 32.2. The van der Waals surface area contributed by atoms with Gasteiger partial charge in [0.1, 0.15) is 0 Å². The molecule has 1 aliphatic heterocycles. The number of hydrogen-bond acceptors (Lipinski definition) is 3. The van der Waals surface area contributed by atoms with Gasteiger partial charge in [-0.3, -0.25) is 4.99 Å². The molecule has 0 radical (unpaired) electrons. The second-order valence-corrected chi connectivity index (χ2v) is 8.44. The number of likely N-dealkylation sites (tertiary alicyclic amines) is 1. The van der Waals surface area contributed by atoms with Crippen LogP contribution in [0.25, 0.3) is 0 Å². The Kier molecular flexibility index (Phi) is 9.19. The van der Waals surface area contributed by atoms with E-state index in [1.807, 2.05) is 11.8 Å². The lowest BCUT2D eigenvalue weighted by atomic mass is 9.94. The third-order valence-corrected chi connectivity index (χ3v) is 5.71. The lowest BCUT2D eigenvalue weighted by molar-refractivity contribution is 0.213. The molecule has 2 N–H and O–H groups in total. The summed E-state index contributed by atoms with van der Waals surface area (Å²) in [6, 6.07) is 10.6. The van der Waals surface area contributed by atoms with Gasteiger partial charge in [0.15, 0.2) is 5.96 Å². The minimum atomic E-state index is 0.465. The van der Waals surface area contributed by atoms with Crippen LogP contribution in [-0.2, 0) is 0 Å². The van der Waals surface area contributed by atoms with Crippen molar-refractivity contribution in [2.24, 2.45) is 10.9 Å². The SMILES string of the molecule is CCNC(=NCC(C)Sc1ccccc1)NCCC1CCN(C)CC1. The number of benzene rings is 1. The van der Waals surface area contributed by atoms with Gasteiger partial charge in [0.2, 0.25) is 0 Å². The van der Waals surface area contributed by atoms with Gasteiger partial charge in [-0.2, -0.15) is 0 Å². The molecule has 140 valence electrons. The Hall–Kier alpha value is -1.20. The lowest BCUT2D eigenvalue weighted by Gasteiger charge is -2.29. The quantitative estimate of drug-likeness (QED) is 0.422. The van der Waals surface area contributed by atoms with Crippen LogP contribution in [0, 0.1) is 5.92 Å². The Morgan fingerprint density at radius 3 is 2.64 bits per heavy atom. The van der Waals surface area contributed by atoms with Crippen LogP contribution in [0.4, 0.5) is 0 Å². The average molecular weight is 363 g/mol. The summed E-state index contributed by atoms with van der Waals surface area (Å²) in [5, 5.41) is 7.35. The molecule has 1 fully saturated rings. The van der Waals surface area contributed by atoms with Crippen LogP contribution in [0.5, 0.6) is 0 Å². The summed E-state index contributed by atoms with van der Waals surface area (Å²) in [5.41, 5.74) is 0. The topological polar surface area (TPSA) is 39.7 Å². The molecule has 0 aromatic heterocycles. The second-order valence-electron chi connectivity index (χ2n) is 6.92. The highest BCUT2D eigenvalue weighted by Gasteiger charge is 2.16. The Morgan fingerprint density at radius 1 is 1.24 bits per heavy atom. The zero-order valence-corrected chi connectivity index (χ0v) is 16.8. The van der Waals surface area contributed by atoms with Crippen molar-refractivity contribution >= 4 is 17.7 Å². The van der Waals surface area contributed by atoms with Crippen LogP contribution in [0.15, 0.2) is 40.2 Å². The van der Waals surface area contributed by atoms with Crippen LogP contribution in [-0.4, -0.2) is 55.9 Å². The largest absolute Gasteiger partial charge is 0.357 e. The molecule has 1 aromatic rings. The number of thioether (sulfide) groups is 1. The number of aliphatic imine (C=N–C) groups is 1. The van der Waals surface area contributed by atoms with E-state index < -0.39 is 0 Å². The highest BCUT2D eigenvalue weighted by Crippen LogP contribution is 2.22. The van der Waals surface area contributed by atoms with Crippen LogP contribution in [0.2, 0.25) is 0 Å². The summed E-state index contributed by atoms with van der Waals surface area (Å²) in [6.45, 7) is 9.59. The first-order valence-electron chi connectivity index (χ1n) is 9.59. The Labute approximate surface area is 157 Å². The van der Waals surface area contributed by atoms with Gasteiger partial charge in [0.05, 0.1) is 6.54 Å². The first-order chi connectivity index (χ1) is 12.2. The molecule has 1 saturated heterocycles. The summed E-state index contributed by atoms with van der Waals surface area (Å²) >= 11 is 1.88. The van der Waals surface area contributed by atoms with E-state index in [2.05, 4.69) is 66.8 Å². The molecule has 0 saturated carbocycles. The molecule has 1 heterocycles. The third-order valence-electron chi connectivity index (χ3n) is 4.61. The van der Waals surface area contributed by atoms with E-state index in [4.69, 9.17) is 4.99 Å². The van der Waals surface area contributed by atoms with Crippen LogP contribution < -0.4 is 10.6 Å². The summed E-state index contributed by atoms with van der Waals surface area (Å²) in [7, 11) is 2.22. The fraction of sp³-hybridized carbons (Fsp3) is 0.650. The van der Waals surface area contributed by atoms with E-state index in [9.17, 15) is 0 Å². The van der Waals surface area contributed by atoms with Crippen molar-refractivity contribution in [2.75, 3.05) is 39.8 Å². The second kappa shape index (κ2) is 11.4. The molecule has 0 bridgehead atoms. The van der Waals surface area contributed by atoms with E-state index in [-0.39, 0.29) is 0 Å². The highest BCUT2D eigenvalue weighted by molar-refractivity contribution is 8.00. The summed E-state index contributed by atoms with van der Waals surface area (Å²) in [4.78, 5) is 8.51. The number of piperidine rings is 1. The molecule has 1 unspecified atom stereocenters. The maximum Gasteiger partial charge on any atom is 0.191 e. The van der Waals surface area contributed by atoms with E-state index in [1.54, 1.807) is 0 Å². The zero-order chi connectivity index (χ0) is 17.9. The summed E-state index contributed by atoms with van der Waals surface area (Å²) in [5.74, 6) is 1.81. The predicted octanol–water partition coefficient (Wildman–Crippen LogP) is 3.45. The maximum absolute atomic E-state index is 4.77. The van der Waals surface area contributed by atoms with Crippen molar-refractivity contribution in [3.63, 3.8) is 0 Å². The lowest BCUT2D eigenvalue weighted by Crippen LogP contribution is -2.39. The van der Waals surface area contributed by atoms with Gasteiger partial charge in [0, 0.05) is 23.2 Å². The molecule has 25 heavy (non-hydrogen) atoms. The maximum atomic E-state index is 4.77. The van der Waals surface area contributed by atoms with E-state index >= 15 is 0 Å². The molecule has 0 amide bonds. The van der Waals surface area contributed by atoms with Gasteiger partial charge in [0.25, 0.3) is 0 Å².